The van der Waals surface area contributed by atoms with E-state index in [1.165, 1.54) is 11.3 Å². The van der Waals surface area contributed by atoms with Crippen LogP contribution in [0.15, 0.2) is 28.3 Å². The molecule has 0 unspecified atom stereocenters. The molecule has 0 saturated heterocycles. The number of thiophene rings is 1. The third-order valence-electron chi connectivity index (χ3n) is 2.49. The Kier molecular flexibility index (Phi) is 3.90. The molecule has 0 fully saturated rings. The highest BCUT2D eigenvalue weighted by atomic mass is 32.1. The maximum absolute atomic E-state index is 11.9. The SMILES string of the molecule is Cc1csc(NC(=O)Cc2csc(-c3cccs3)n2)n1. The molecule has 4 nitrogen and oxygen atoms in total. The number of aromatic nitrogens is 2. The van der Waals surface area contributed by atoms with Crippen molar-refractivity contribution in [3.63, 3.8) is 0 Å². The van der Waals surface area contributed by atoms with Crippen LogP contribution in [0.2, 0.25) is 0 Å². The quantitative estimate of drug-likeness (QED) is 0.795. The van der Waals surface area contributed by atoms with Crippen molar-refractivity contribution in [2.75, 3.05) is 5.32 Å². The summed E-state index contributed by atoms with van der Waals surface area (Å²) in [5.41, 5.74) is 1.71. The number of hydrogen-bond acceptors (Lipinski definition) is 6. The zero-order valence-electron chi connectivity index (χ0n) is 10.6. The molecule has 3 aromatic heterocycles. The van der Waals surface area contributed by atoms with E-state index >= 15 is 0 Å². The summed E-state index contributed by atoms with van der Waals surface area (Å²) in [6.07, 6.45) is 0.278. The summed E-state index contributed by atoms with van der Waals surface area (Å²) in [6.45, 7) is 1.90. The number of nitrogens with zero attached hydrogens (tertiary/aromatic N) is 2. The van der Waals surface area contributed by atoms with Gasteiger partial charge in [-0.3, -0.25) is 4.79 Å². The van der Waals surface area contributed by atoms with Crippen LogP contribution in [0, 0.1) is 6.92 Å². The van der Waals surface area contributed by atoms with E-state index in [1.54, 1.807) is 22.7 Å². The Hall–Kier alpha value is -1.57. The molecule has 102 valence electrons. The topological polar surface area (TPSA) is 54.9 Å². The number of nitrogens with one attached hydrogen (secondary N) is 1. The largest absolute Gasteiger partial charge is 0.302 e. The molecule has 1 amide bonds. The lowest BCUT2D eigenvalue weighted by Gasteiger charge is -1.98. The molecule has 7 heteroatoms. The molecule has 3 aromatic rings. The predicted octanol–water partition coefficient (Wildman–Crippen LogP) is 3.82. The Bertz CT molecular complexity index is 715. The molecular weight excluding hydrogens is 310 g/mol. The lowest BCUT2D eigenvalue weighted by molar-refractivity contribution is -0.115. The summed E-state index contributed by atoms with van der Waals surface area (Å²) in [5.74, 6) is -0.0811. The van der Waals surface area contributed by atoms with Gasteiger partial charge in [-0.2, -0.15) is 0 Å². The van der Waals surface area contributed by atoms with Crippen molar-refractivity contribution >= 4 is 45.0 Å². The molecule has 0 saturated carbocycles. The van der Waals surface area contributed by atoms with Crippen LogP contribution in [0.1, 0.15) is 11.4 Å². The van der Waals surface area contributed by atoms with E-state index in [0.717, 1.165) is 21.3 Å². The minimum Gasteiger partial charge on any atom is -0.302 e. The van der Waals surface area contributed by atoms with Gasteiger partial charge in [0, 0.05) is 10.8 Å². The van der Waals surface area contributed by atoms with Crippen molar-refractivity contribution in [2.24, 2.45) is 0 Å². The average molecular weight is 321 g/mol. The van der Waals surface area contributed by atoms with Gasteiger partial charge in [0.1, 0.15) is 5.01 Å². The normalized spacial score (nSPS) is 10.7. The zero-order valence-corrected chi connectivity index (χ0v) is 13.1. The van der Waals surface area contributed by atoms with Crippen LogP contribution in [0.25, 0.3) is 9.88 Å². The number of carbonyl (C=O) groups excluding carboxylic acids is 1. The highest BCUT2D eigenvalue weighted by Crippen LogP contribution is 2.28. The summed E-state index contributed by atoms with van der Waals surface area (Å²) >= 11 is 4.65. The fraction of sp³-hybridized carbons (Fsp3) is 0.154. The molecule has 0 aliphatic rings. The molecule has 20 heavy (non-hydrogen) atoms. The lowest BCUT2D eigenvalue weighted by Crippen LogP contribution is -2.14. The van der Waals surface area contributed by atoms with Crippen molar-refractivity contribution in [3.05, 3.63) is 39.7 Å². The molecule has 0 aliphatic heterocycles. The van der Waals surface area contributed by atoms with Crippen LogP contribution >= 0.6 is 34.0 Å². The summed E-state index contributed by atoms with van der Waals surface area (Å²) in [4.78, 5) is 21.7. The maximum atomic E-state index is 11.9. The third-order valence-corrected chi connectivity index (χ3v) is 5.30. The summed E-state index contributed by atoms with van der Waals surface area (Å²) in [6, 6.07) is 4.03. The molecule has 0 atom stereocenters. The molecular formula is C13H11N3OS3. The summed E-state index contributed by atoms with van der Waals surface area (Å²) in [7, 11) is 0. The van der Waals surface area contributed by atoms with Gasteiger partial charge < -0.3 is 5.32 Å². The number of thiazole rings is 2. The Morgan fingerprint density at radius 2 is 2.15 bits per heavy atom. The van der Waals surface area contributed by atoms with Gasteiger partial charge in [0.25, 0.3) is 0 Å². The van der Waals surface area contributed by atoms with Crippen molar-refractivity contribution in [2.45, 2.75) is 13.3 Å². The van der Waals surface area contributed by atoms with Crippen molar-refractivity contribution in [1.29, 1.82) is 0 Å². The van der Waals surface area contributed by atoms with Gasteiger partial charge in [-0.1, -0.05) is 6.07 Å². The minimum atomic E-state index is -0.0811. The predicted molar refractivity (Wildman–Crippen MR) is 84.6 cm³/mol. The second-order valence-electron chi connectivity index (χ2n) is 4.14. The zero-order chi connectivity index (χ0) is 13.9. The first-order valence-corrected chi connectivity index (χ1v) is 8.55. The van der Waals surface area contributed by atoms with E-state index in [9.17, 15) is 4.79 Å². The summed E-state index contributed by atoms with van der Waals surface area (Å²) < 4.78 is 0. The first-order chi connectivity index (χ1) is 9.70. The van der Waals surface area contributed by atoms with E-state index < -0.39 is 0 Å². The second-order valence-corrected chi connectivity index (χ2v) is 6.80. The standard InChI is InChI=1S/C13H11N3OS3/c1-8-6-20-13(14-8)16-11(17)5-9-7-19-12(15-9)10-3-2-4-18-10/h2-4,6-7H,5H2,1H3,(H,14,16,17). The Labute approximate surface area is 128 Å². The van der Waals surface area contributed by atoms with Crippen molar-refractivity contribution in [3.8, 4) is 9.88 Å². The fourth-order valence-electron chi connectivity index (χ4n) is 1.64. The fourth-order valence-corrected chi connectivity index (χ4v) is 3.98. The van der Waals surface area contributed by atoms with Gasteiger partial charge in [0.05, 0.1) is 22.7 Å². The maximum Gasteiger partial charge on any atom is 0.232 e. The molecule has 0 aromatic carbocycles. The molecule has 3 rings (SSSR count). The number of anilines is 1. The van der Waals surface area contributed by atoms with Gasteiger partial charge in [0.2, 0.25) is 5.91 Å². The smallest absolute Gasteiger partial charge is 0.232 e. The molecule has 0 radical (unpaired) electrons. The lowest BCUT2D eigenvalue weighted by atomic mass is 10.3. The van der Waals surface area contributed by atoms with Crippen molar-refractivity contribution in [1.82, 2.24) is 9.97 Å². The number of carbonyl (C=O) groups is 1. The van der Waals surface area contributed by atoms with E-state index in [2.05, 4.69) is 15.3 Å². The number of aryl methyl sites for hydroxylation is 1. The van der Waals surface area contributed by atoms with Crippen LogP contribution in [-0.2, 0) is 11.2 Å². The van der Waals surface area contributed by atoms with Gasteiger partial charge in [-0.05, 0) is 18.4 Å². The second kappa shape index (κ2) is 5.82. The monoisotopic (exact) mass is 321 g/mol. The average Bonchev–Trinajstić information content (AvgIpc) is 3.10. The van der Waals surface area contributed by atoms with Crippen LogP contribution in [0.3, 0.4) is 0 Å². The van der Waals surface area contributed by atoms with Crippen LogP contribution in [0.5, 0.6) is 0 Å². The molecule has 0 aliphatic carbocycles. The van der Waals surface area contributed by atoms with Crippen LogP contribution < -0.4 is 5.32 Å². The molecule has 0 bridgehead atoms. The first kappa shape index (κ1) is 13.4. The first-order valence-electron chi connectivity index (χ1n) is 5.91. The number of amides is 1. The number of rotatable bonds is 4. The molecule has 1 N–H and O–H groups in total. The van der Waals surface area contributed by atoms with E-state index in [0.29, 0.717) is 5.13 Å². The van der Waals surface area contributed by atoms with Crippen molar-refractivity contribution < 1.29 is 4.79 Å². The molecule has 0 spiro atoms. The number of hydrogen-bond donors (Lipinski definition) is 1. The van der Waals surface area contributed by atoms with Gasteiger partial charge in [-0.25, -0.2) is 9.97 Å². The van der Waals surface area contributed by atoms with Crippen LogP contribution in [0.4, 0.5) is 5.13 Å². The third kappa shape index (κ3) is 3.12. The van der Waals surface area contributed by atoms with E-state index in [1.807, 2.05) is 35.2 Å². The molecule has 3 heterocycles. The van der Waals surface area contributed by atoms with Crippen LogP contribution in [-0.4, -0.2) is 15.9 Å². The minimum absolute atomic E-state index is 0.0811. The van der Waals surface area contributed by atoms with Gasteiger partial charge in [-0.15, -0.1) is 34.0 Å². The van der Waals surface area contributed by atoms with Gasteiger partial charge >= 0.3 is 0 Å². The highest BCUT2D eigenvalue weighted by molar-refractivity contribution is 7.20. The Balaban J connectivity index is 1.64. The summed E-state index contributed by atoms with van der Waals surface area (Å²) in [5, 5.41) is 10.3. The van der Waals surface area contributed by atoms with E-state index in [4.69, 9.17) is 0 Å². The van der Waals surface area contributed by atoms with E-state index in [-0.39, 0.29) is 12.3 Å². The highest BCUT2D eigenvalue weighted by Gasteiger charge is 2.11. The Morgan fingerprint density at radius 1 is 1.25 bits per heavy atom. The Morgan fingerprint density at radius 3 is 2.85 bits per heavy atom. The van der Waals surface area contributed by atoms with Gasteiger partial charge in [0.15, 0.2) is 5.13 Å².